The molecule has 1 aromatic rings. The van der Waals surface area contributed by atoms with E-state index in [-0.39, 0.29) is 5.91 Å². The molecule has 2 rings (SSSR count). The molecule has 0 atom stereocenters. The summed E-state index contributed by atoms with van der Waals surface area (Å²) in [4.78, 5) is 14.3. The number of amides is 1. The van der Waals surface area contributed by atoms with Crippen LogP contribution < -0.4 is 11.1 Å². The van der Waals surface area contributed by atoms with Gasteiger partial charge in [-0.25, -0.2) is 0 Å². The van der Waals surface area contributed by atoms with Gasteiger partial charge < -0.3 is 20.7 Å². The van der Waals surface area contributed by atoms with Crippen molar-refractivity contribution in [3.05, 3.63) is 23.8 Å². The van der Waals surface area contributed by atoms with Gasteiger partial charge in [0.15, 0.2) is 0 Å². The van der Waals surface area contributed by atoms with Gasteiger partial charge >= 0.3 is 0 Å². The molecule has 0 unspecified atom stereocenters. The highest BCUT2D eigenvalue weighted by atomic mass is 16.5. The molecule has 0 aliphatic carbocycles. The molecule has 1 heterocycles. The normalized spacial score (nSPS) is 16.1. The molecule has 1 saturated heterocycles. The van der Waals surface area contributed by atoms with Crippen LogP contribution in [0.25, 0.3) is 0 Å². The molecular formula is C16H25N3O2. The van der Waals surface area contributed by atoms with E-state index >= 15 is 0 Å². The number of benzene rings is 1. The monoisotopic (exact) mass is 291 g/mol. The van der Waals surface area contributed by atoms with Crippen LogP contribution in [0.4, 0.5) is 11.4 Å². The Morgan fingerprint density at radius 1 is 1.43 bits per heavy atom. The molecule has 3 N–H and O–H groups in total. The van der Waals surface area contributed by atoms with Crippen molar-refractivity contribution < 1.29 is 9.53 Å². The number of hydrogen-bond donors (Lipinski definition) is 2. The van der Waals surface area contributed by atoms with E-state index in [1.54, 1.807) is 6.07 Å². The second-order valence-corrected chi connectivity index (χ2v) is 5.70. The number of anilines is 2. The van der Waals surface area contributed by atoms with Crippen LogP contribution in [-0.2, 0) is 9.53 Å². The molecule has 116 valence electrons. The molecule has 1 aliphatic rings. The maximum absolute atomic E-state index is 12.0. The van der Waals surface area contributed by atoms with Crippen molar-refractivity contribution in [2.75, 3.05) is 37.9 Å². The molecule has 1 aliphatic heterocycles. The van der Waals surface area contributed by atoms with Gasteiger partial charge in [-0.2, -0.15) is 0 Å². The summed E-state index contributed by atoms with van der Waals surface area (Å²) in [6, 6.07) is 6.05. The second-order valence-electron chi connectivity index (χ2n) is 5.70. The van der Waals surface area contributed by atoms with E-state index in [4.69, 9.17) is 10.5 Å². The molecular weight excluding hydrogens is 266 g/mol. The zero-order valence-electron chi connectivity index (χ0n) is 12.9. The Labute approximate surface area is 126 Å². The molecule has 0 saturated carbocycles. The predicted molar refractivity (Wildman–Crippen MR) is 85.3 cm³/mol. The van der Waals surface area contributed by atoms with Crippen molar-refractivity contribution >= 4 is 17.3 Å². The Hall–Kier alpha value is -1.59. The number of hydrogen-bond acceptors (Lipinski definition) is 4. The standard InChI is InChI=1S/C16H25N3O2/c1-12-11-13(17)3-4-15(12)18-16(20)5-8-19(2)14-6-9-21-10-7-14/h3-4,11,14H,5-10,17H2,1-2H3,(H,18,20). The van der Waals surface area contributed by atoms with Gasteiger partial charge in [0, 0.05) is 43.6 Å². The number of carbonyl (C=O) groups is 1. The minimum absolute atomic E-state index is 0.0433. The summed E-state index contributed by atoms with van der Waals surface area (Å²) in [6.45, 7) is 4.36. The average Bonchev–Trinajstić information content (AvgIpc) is 2.48. The lowest BCUT2D eigenvalue weighted by molar-refractivity contribution is -0.116. The lowest BCUT2D eigenvalue weighted by atomic mass is 10.1. The van der Waals surface area contributed by atoms with E-state index in [1.807, 2.05) is 19.1 Å². The van der Waals surface area contributed by atoms with E-state index in [2.05, 4.69) is 17.3 Å². The predicted octanol–water partition coefficient (Wildman–Crippen LogP) is 2.02. The molecule has 5 nitrogen and oxygen atoms in total. The van der Waals surface area contributed by atoms with E-state index in [9.17, 15) is 4.79 Å². The van der Waals surface area contributed by atoms with Gasteiger partial charge in [0.2, 0.25) is 5.91 Å². The fourth-order valence-electron chi connectivity index (χ4n) is 2.63. The number of nitrogens with two attached hydrogens (primary N) is 1. The zero-order chi connectivity index (χ0) is 15.2. The Balaban J connectivity index is 1.78. The van der Waals surface area contributed by atoms with E-state index in [0.29, 0.717) is 18.2 Å². The second kappa shape index (κ2) is 7.43. The van der Waals surface area contributed by atoms with Gasteiger partial charge in [0.25, 0.3) is 0 Å². The number of ether oxygens (including phenoxy) is 1. The minimum atomic E-state index is 0.0433. The van der Waals surface area contributed by atoms with Crippen LogP contribution >= 0.6 is 0 Å². The number of carbonyl (C=O) groups excluding carboxylic acids is 1. The number of aryl methyl sites for hydroxylation is 1. The largest absolute Gasteiger partial charge is 0.399 e. The van der Waals surface area contributed by atoms with Crippen molar-refractivity contribution in [1.29, 1.82) is 0 Å². The summed E-state index contributed by atoms with van der Waals surface area (Å²) < 4.78 is 5.36. The Morgan fingerprint density at radius 3 is 2.81 bits per heavy atom. The Bertz CT molecular complexity index is 484. The SMILES string of the molecule is Cc1cc(N)ccc1NC(=O)CCN(C)C1CCOCC1. The molecule has 0 spiro atoms. The quantitative estimate of drug-likeness (QED) is 0.814. The minimum Gasteiger partial charge on any atom is -0.399 e. The van der Waals surface area contributed by atoms with E-state index < -0.39 is 0 Å². The Kier molecular flexibility index (Phi) is 5.59. The summed E-state index contributed by atoms with van der Waals surface area (Å²) in [5.74, 6) is 0.0433. The summed E-state index contributed by atoms with van der Waals surface area (Å²) >= 11 is 0. The van der Waals surface area contributed by atoms with Crippen molar-refractivity contribution in [2.24, 2.45) is 0 Å². The third kappa shape index (κ3) is 4.72. The van der Waals surface area contributed by atoms with Gasteiger partial charge in [-0.3, -0.25) is 4.79 Å². The lowest BCUT2D eigenvalue weighted by Gasteiger charge is -2.30. The number of nitrogens with zero attached hydrogens (tertiary/aromatic N) is 1. The van der Waals surface area contributed by atoms with Crippen LogP contribution in [0.5, 0.6) is 0 Å². The third-order valence-electron chi connectivity index (χ3n) is 4.03. The first-order valence-corrected chi connectivity index (χ1v) is 7.50. The molecule has 1 aromatic carbocycles. The molecule has 0 bridgehead atoms. The van der Waals surface area contributed by atoms with Gasteiger partial charge in [-0.1, -0.05) is 0 Å². The average molecular weight is 291 g/mol. The summed E-state index contributed by atoms with van der Waals surface area (Å²) in [5, 5.41) is 2.95. The highest BCUT2D eigenvalue weighted by molar-refractivity contribution is 5.91. The molecule has 5 heteroatoms. The van der Waals surface area contributed by atoms with Crippen LogP contribution in [-0.4, -0.2) is 43.7 Å². The fourth-order valence-corrected chi connectivity index (χ4v) is 2.63. The van der Waals surface area contributed by atoms with Crippen LogP contribution in [0.2, 0.25) is 0 Å². The first kappa shape index (κ1) is 15.8. The number of rotatable bonds is 5. The maximum Gasteiger partial charge on any atom is 0.225 e. The van der Waals surface area contributed by atoms with Crippen molar-refractivity contribution in [1.82, 2.24) is 4.90 Å². The maximum atomic E-state index is 12.0. The number of nitrogen functional groups attached to an aromatic ring is 1. The molecule has 21 heavy (non-hydrogen) atoms. The highest BCUT2D eigenvalue weighted by Gasteiger charge is 2.18. The third-order valence-corrected chi connectivity index (χ3v) is 4.03. The lowest BCUT2D eigenvalue weighted by Crippen LogP contribution is -2.38. The first-order chi connectivity index (χ1) is 10.1. The zero-order valence-corrected chi connectivity index (χ0v) is 12.9. The summed E-state index contributed by atoms with van der Waals surface area (Å²) in [7, 11) is 2.08. The Morgan fingerprint density at radius 2 is 2.14 bits per heavy atom. The van der Waals surface area contributed by atoms with Gasteiger partial charge in [-0.15, -0.1) is 0 Å². The van der Waals surface area contributed by atoms with Crippen LogP contribution in [0.3, 0.4) is 0 Å². The van der Waals surface area contributed by atoms with Gasteiger partial charge in [-0.05, 0) is 50.6 Å². The number of nitrogens with one attached hydrogen (secondary N) is 1. The van der Waals surface area contributed by atoms with Crippen molar-refractivity contribution in [3.8, 4) is 0 Å². The van der Waals surface area contributed by atoms with Crippen LogP contribution in [0.15, 0.2) is 18.2 Å². The molecule has 0 aromatic heterocycles. The smallest absolute Gasteiger partial charge is 0.225 e. The van der Waals surface area contributed by atoms with Crippen LogP contribution in [0.1, 0.15) is 24.8 Å². The fraction of sp³-hybridized carbons (Fsp3) is 0.562. The van der Waals surface area contributed by atoms with E-state index in [1.165, 1.54) is 0 Å². The molecule has 1 amide bonds. The van der Waals surface area contributed by atoms with Gasteiger partial charge in [0.1, 0.15) is 0 Å². The summed E-state index contributed by atoms with van der Waals surface area (Å²) in [6.07, 6.45) is 2.60. The first-order valence-electron chi connectivity index (χ1n) is 7.50. The summed E-state index contributed by atoms with van der Waals surface area (Å²) in [5.41, 5.74) is 8.25. The van der Waals surface area contributed by atoms with Crippen molar-refractivity contribution in [2.45, 2.75) is 32.2 Å². The molecule has 1 fully saturated rings. The van der Waals surface area contributed by atoms with Crippen LogP contribution in [0, 0.1) is 6.92 Å². The van der Waals surface area contributed by atoms with Gasteiger partial charge in [0.05, 0.1) is 0 Å². The topological polar surface area (TPSA) is 67.6 Å². The highest BCUT2D eigenvalue weighted by Crippen LogP contribution is 2.18. The molecule has 0 radical (unpaired) electrons. The van der Waals surface area contributed by atoms with E-state index in [0.717, 1.165) is 43.9 Å². The van der Waals surface area contributed by atoms with Crippen molar-refractivity contribution in [3.63, 3.8) is 0 Å².